The normalized spacial score (nSPS) is 10.9. The lowest BCUT2D eigenvalue weighted by Crippen LogP contribution is -1.99. The highest BCUT2D eigenvalue weighted by Crippen LogP contribution is 2.20. The molecule has 0 saturated heterocycles. The van der Waals surface area contributed by atoms with E-state index in [0.29, 0.717) is 23.1 Å². The van der Waals surface area contributed by atoms with Gasteiger partial charge in [0.25, 0.3) is 0 Å². The average molecular weight is 319 g/mol. The van der Waals surface area contributed by atoms with Crippen LogP contribution in [0, 0.1) is 6.92 Å². The molecule has 1 heterocycles. The van der Waals surface area contributed by atoms with E-state index in [1.807, 2.05) is 12.1 Å². The fraction of sp³-hybridized carbons (Fsp3) is 0.412. The van der Waals surface area contributed by atoms with Crippen LogP contribution in [-0.4, -0.2) is 22.7 Å². The summed E-state index contributed by atoms with van der Waals surface area (Å²) in [5.74, 6) is 0.485. The molecule has 1 aromatic heterocycles. The lowest BCUT2D eigenvalue weighted by Gasteiger charge is -2.08. The van der Waals surface area contributed by atoms with Gasteiger partial charge in [-0.15, -0.1) is 11.3 Å². The lowest BCUT2D eigenvalue weighted by molar-refractivity contribution is 0.0701. The third kappa shape index (κ3) is 4.31. The monoisotopic (exact) mass is 319 g/mol. The Labute approximate surface area is 134 Å². The van der Waals surface area contributed by atoms with E-state index in [1.165, 1.54) is 16.9 Å². The Balaban J connectivity index is 1.79. The molecule has 0 spiro atoms. The zero-order valence-electron chi connectivity index (χ0n) is 13.1. The summed E-state index contributed by atoms with van der Waals surface area (Å²) < 4.78 is 5.71. The van der Waals surface area contributed by atoms with Gasteiger partial charge in [-0.2, -0.15) is 0 Å². The molecule has 0 atom stereocenters. The van der Waals surface area contributed by atoms with Crippen LogP contribution < -0.4 is 4.74 Å². The lowest BCUT2D eigenvalue weighted by atomic mass is 10.0. The first-order valence-electron chi connectivity index (χ1n) is 7.39. The van der Waals surface area contributed by atoms with E-state index < -0.39 is 5.97 Å². The molecule has 0 aliphatic heterocycles. The zero-order chi connectivity index (χ0) is 16.1. The van der Waals surface area contributed by atoms with Gasteiger partial charge in [0.05, 0.1) is 17.3 Å². The Morgan fingerprint density at radius 2 is 2.00 bits per heavy atom. The van der Waals surface area contributed by atoms with Gasteiger partial charge in [0.1, 0.15) is 10.6 Å². The zero-order valence-corrected chi connectivity index (χ0v) is 13.9. The minimum absolute atomic E-state index is 0.334. The molecule has 0 aliphatic rings. The minimum atomic E-state index is -0.900. The highest BCUT2D eigenvalue weighted by molar-refractivity contribution is 7.13. The van der Waals surface area contributed by atoms with E-state index in [9.17, 15) is 4.79 Å². The average Bonchev–Trinajstić information content (AvgIpc) is 2.85. The van der Waals surface area contributed by atoms with Crippen LogP contribution in [0.25, 0.3) is 0 Å². The second-order valence-electron chi connectivity index (χ2n) is 5.50. The van der Waals surface area contributed by atoms with Gasteiger partial charge in [0.15, 0.2) is 0 Å². The highest BCUT2D eigenvalue weighted by atomic mass is 32.1. The molecule has 4 nitrogen and oxygen atoms in total. The number of ether oxygens (including phenoxy) is 1. The molecule has 1 N–H and O–H groups in total. The molecular formula is C17H21NO3S. The second kappa shape index (κ2) is 7.40. The summed E-state index contributed by atoms with van der Waals surface area (Å²) in [7, 11) is 0. The molecule has 0 amide bonds. The number of carboxylic acids is 1. The molecule has 0 saturated carbocycles. The van der Waals surface area contributed by atoms with Gasteiger partial charge in [0.2, 0.25) is 0 Å². The van der Waals surface area contributed by atoms with E-state index in [-0.39, 0.29) is 0 Å². The SMILES string of the molecule is Cc1nc(CCCOc2ccc(C(C)C)cc2)sc1C(=O)O. The predicted octanol–water partition coefficient (Wildman–Crippen LogP) is 4.28. The maximum Gasteiger partial charge on any atom is 0.347 e. The molecule has 0 unspecified atom stereocenters. The van der Waals surface area contributed by atoms with Crippen LogP contribution in [0.5, 0.6) is 5.75 Å². The summed E-state index contributed by atoms with van der Waals surface area (Å²) in [5.41, 5.74) is 1.89. The van der Waals surface area contributed by atoms with Crippen molar-refractivity contribution in [2.24, 2.45) is 0 Å². The molecule has 22 heavy (non-hydrogen) atoms. The molecule has 1 aromatic carbocycles. The summed E-state index contributed by atoms with van der Waals surface area (Å²) in [6, 6.07) is 8.16. The van der Waals surface area contributed by atoms with Crippen molar-refractivity contribution in [3.63, 3.8) is 0 Å². The smallest absolute Gasteiger partial charge is 0.347 e. The van der Waals surface area contributed by atoms with E-state index >= 15 is 0 Å². The molecule has 0 bridgehead atoms. The molecule has 2 aromatic rings. The van der Waals surface area contributed by atoms with Crippen molar-refractivity contribution in [1.29, 1.82) is 0 Å². The van der Waals surface area contributed by atoms with Crippen LogP contribution >= 0.6 is 11.3 Å². The molecule has 0 aliphatic carbocycles. The third-order valence-electron chi connectivity index (χ3n) is 3.39. The third-order valence-corrected chi connectivity index (χ3v) is 4.59. The Hall–Kier alpha value is -1.88. The number of hydrogen-bond acceptors (Lipinski definition) is 4. The summed E-state index contributed by atoms with van der Waals surface area (Å²) in [4.78, 5) is 15.6. The van der Waals surface area contributed by atoms with Gasteiger partial charge in [-0.05, 0) is 37.0 Å². The van der Waals surface area contributed by atoms with E-state index in [0.717, 1.165) is 23.6 Å². The van der Waals surface area contributed by atoms with Crippen LogP contribution in [0.15, 0.2) is 24.3 Å². The summed E-state index contributed by atoms with van der Waals surface area (Å²) in [6.07, 6.45) is 1.56. The van der Waals surface area contributed by atoms with Crippen LogP contribution in [0.3, 0.4) is 0 Å². The molecule has 5 heteroatoms. The van der Waals surface area contributed by atoms with Crippen LogP contribution in [0.2, 0.25) is 0 Å². The van der Waals surface area contributed by atoms with Gasteiger partial charge in [-0.3, -0.25) is 0 Å². The number of carbonyl (C=O) groups is 1. The predicted molar refractivity (Wildman–Crippen MR) is 88.2 cm³/mol. The van der Waals surface area contributed by atoms with Gasteiger partial charge < -0.3 is 9.84 Å². The number of rotatable bonds is 7. The van der Waals surface area contributed by atoms with Crippen molar-refractivity contribution in [2.45, 2.75) is 39.5 Å². The first-order chi connectivity index (χ1) is 10.5. The number of carboxylic acid groups (broad SMARTS) is 1. The van der Waals surface area contributed by atoms with Crippen LogP contribution in [0.4, 0.5) is 0 Å². The van der Waals surface area contributed by atoms with Gasteiger partial charge >= 0.3 is 5.97 Å². The van der Waals surface area contributed by atoms with Gasteiger partial charge in [0, 0.05) is 6.42 Å². The van der Waals surface area contributed by atoms with Gasteiger partial charge in [-0.1, -0.05) is 26.0 Å². The summed E-state index contributed by atoms with van der Waals surface area (Å²) in [6.45, 7) is 6.66. The number of hydrogen-bond donors (Lipinski definition) is 1. The molecule has 2 rings (SSSR count). The van der Waals surface area contributed by atoms with Gasteiger partial charge in [-0.25, -0.2) is 9.78 Å². The number of nitrogens with zero attached hydrogens (tertiary/aromatic N) is 1. The fourth-order valence-corrected chi connectivity index (χ4v) is 3.07. The number of aromatic nitrogens is 1. The molecule has 118 valence electrons. The van der Waals surface area contributed by atoms with Crippen LogP contribution in [0.1, 0.15) is 52.1 Å². The van der Waals surface area contributed by atoms with Crippen LogP contribution in [-0.2, 0) is 6.42 Å². The first-order valence-corrected chi connectivity index (χ1v) is 8.21. The largest absolute Gasteiger partial charge is 0.494 e. The second-order valence-corrected chi connectivity index (χ2v) is 6.59. The number of benzene rings is 1. The van der Waals surface area contributed by atoms with Crippen molar-refractivity contribution in [1.82, 2.24) is 4.98 Å². The standard InChI is InChI=1S/C17H21NO3S/c1-11(2)13-6-8-14(9-7-13)21-10-4-5-15-18-12(3)16(22-15)17(19)20/h6-9,11H,4-5,10H2,1-3H3,(H,19,20). The van der Waals surface area contributed by atoms with Crippen molar-refractivity contribution in [3.8, 4) is 5.75 Å². The maximum atomic E-state index is 11.0. The van der Waals surface area contributed by atoms with Crippen molar-refractivity contribution >= 4 is 17.3 Å². The Bertz CT molecular complexity index is 632. The molecular weight excluding hydrogens is 298 g/mol. The number of aromatic carboxylic acids is 1. The van der Waals surface area contributed by atoms with E-state index in [4.69, 9.17) is 9.84 Å². The highest BCUT2D eigenvalue weighted by Gasteiger charge is 2.13. The van der Waals surface area contributed by atoms with Crippen molar-refractivity contribution in [2.75, 3.05) is 6.61 Å². The minimum Gasteiger partial charge on any atom is -0.494 e. The topological polar surface area (TPSA) is 59.4 Å². The summed E-state index contributed by atoms with van der Waals surface area (Å²) >= 11 is 1.25. The summed E-state index contributed by atoms with van der Waals surface area (Å²) in [5, 5.41) is 9.86. The first kappa shape index (κ1) is 16.5. The van der Waals surface area contributed by atoms with E-state index in [2.05, 4.69) is 31.0 Å². The van der Waals surface area contributed by atoms with Crippen molar-refractivity contribution < 1.29 is 14.6 Å². The van der Waals surface area contributed by atoms with Crippen molar-refractivity contribution in [3.05, 3.63) is 45.4 Å². The number of aryl methyl sites for hydroxylation is 2. The quantitative estimate of drug-likeness (QED) is 0.774. The number of thiazole rings is 1. The Morgan fingerprint density at radius 1 is 1.32 bits per heavy atom. The Kier molecular flexibility index (Phi) is 5.55. The van der Waals surface area contributed by atoms with E-state index in [1.54, 1.807) is 6.92 Å². The maximum absolute atomic E-state index is 11.0. The molecule has 0 fully saturated rings. The molecule has 0 radical (unpaired) electrons. The fourth-order valence-electron chi connectivity index (χ4n) is 2.12. The Morgan fingerprint density at radius 3 is 2.55 bits per heavy atom.